The molecule has 3 aromatic rings. The highest BCUT2D eigenvalue weighted by molar-refractivity contribution is 9.10. The van der Waals surface area contributed by atoms with Crippen molar-refractivity contribution in [3.8, 4) is 0 Å². The molecule has 8 heteroatoms. The molecule has 154 valence electrons. The number of likely N-dealkylation sites (N-methyl/N-ethyl adjacent to an activating group) is 1. The zero-order valence-electron chi connectivity index (χ0n) is 16.4. The first-order valence-electron chi connectivity index (χ1n) is 9.74. The lowest BCUT2D eigenvalue weighted by molar-refractivity contribution is -0.140. The molecule has 0 spiro atoms. The summed E-state index contributed by atoms with van der Waals surface area (Å²) in [5.41, 5.74) is 3.52. The number of amides is 3. The molecule has 3 amide bonds. The van der Waals surface area contributed by atoms with Crippen molar-refractivity contribution in [2.45, 2.75) is 19.4 Å². The van der Waals surface area contributed by atoms with Crippen molar-refractivity contribution in [1.29, 1.82) is 0 Å². The SMILES string of the molecule is CCN1C(=O)[C@@H](NC(=O)C(=O)NCCc2c[nH]c3ccccc23)c2cc(Br)ccc21. The monoisotopic (exact) mass is 468 g/mol. The summed E-state index contributed by atoms with van der Waals surface area (Å²) in [4.78, 5) is 42.2. The Kier molecular flexibility index (Phi) is 5.59. The van der Waals surface area contributed by atoms with E-state index in [4.69, 9.17) is 0 Å². The Labute approximate surface area is 182 Å². The van der Waals surface area contributed by atoms with E-state index < -0.39 is 17.9 Å². The van der Waals surface area contributed by atoms with Crippen LogP contribution in [-0.4, -0.2) is 35.8 Å². The zero-order valence-corrected chi connectivity index (χ0v) is 18.0. The Balaban J connectivity index is 1.38. The number of carbonyl (C=O) groups is 3. The van der Waals surface area contributed by atoms with Crippen molar-refractivity contribution in [1.82, 2.24) is 15.6 Å². The molecule has 2 aromatic carbocycles. The summed E-state index contributed by atoms with van der Waals surface area (Å²) in [6.07, 6.45) is 2.49. The number of nitrogens with one attached hydrogen (secondary N) is 3. The van der Waals surface area contributed by atoms with Crippen molar-refractivity contribution in [2.24, 2.45) is 0 Å². The van der Waals surface area contributed by atoms with Gasteiger partial charge in [0.2, 0.25) is 0 Å². The molecule has 0 radical (unpaired) electrons. The van der Waals surface area contributed by atoms with Crippen molar-refractivity contribution in [3.05, 3.63) is 64.3 Å². The minimum atomic E-state index is -0.871. The Hall–Kier alpha value is -3.13. The number of hydrogen-bond acceptors (Lipinski definition) is 3. The number of benzene rings is 2. The second kappa shape index (κ2) is 8.31. The number of para-hydroxylation sites is 1. The van der Waals surface area contributed by atoms with Crippen LogP contribution in [-0.2, 0) is 20.8 Å². The molecule has 0 unspecified atom stereocenters. The van der Waals surface area contributed by atoms with Crippen LogP contribution in [0.25, 0.3) is 10.9 Å². The molecule has 0 fully saturated rings. The number of hydrogen-bond donors (Lipinski definition) is 3. The molecular formula is C22H21BrN4O3. The topological polar surface area (TPSA) is 94.3 Å². The van der Waals surface area contributed by atoms with Crippen LogP contribution in [0.4, 0.5) is 5.69 Å². The molecule has 0 bridgehead atoms. The fourth-order valence-electron chi connectivity index (χ4n) is 3.80. The molecule has 0 saturated heterocycles. The quantitative estimate of drug-likeness (QED) is 0.502. The van der Waals surface area contributed by atoms with Crippen LogP contribution in [0, 0.1) is 0 Å². The van der Waals surface area contributed by atoms with Crippen molar-refractivity contribution >= 4 is 50.2 Å². The predicted octanol–water partition coefficient (Wildman–Crippen LogP) is 2.81. The van der Waals surface area contributed by atoms with Gasteiger partial charge in [-0.15, -0.1) is 0 Å². The number of aromatic nitrogens is 1. The Morgan fingerprint density at radius 2 is 1.97 bits per heavy atom. The van der Waals surface area contributed by atoms with E-state index in [0.717, 1.165) is 26.6 Å². The van der Waals surface area contributed by atoms with E-state index in [1.54, 1.807) is 11.0 Å². The van der Waals surface area contributed by atoms with E-state index in [-0.39, 0.29) is 5.91 Å². The fourth-order valence-corrected chi connectivity index (χ4v) is 4.18. The van der Waals surface area contributed by atoms with Crippen LogP contribution in [0.2, 0.25) is 0 Å². The van der Waals surface area contributed by atoms with E-state index in [1.807, 2.05) is 49.5 Å². The molecule has 1 atom stereocenters. The summed E-state index contributed by atoms with van der Waals surface area (Å²) in [5.74, 6) is -1.82. The highest BCUT2D eigenvalue weighted by Crippen LogP contribution is 2.37. The third kappa shape index (κ3) is 3.70. The molecule has 7 nitrogen and oxygen atoms in total. The number of aromatic amines is 1. The lowest BCUT2D eigenvalue weighted by Crippen LogP contribution is -2.44. The van der Waals surface area contributed by atoms with Gasteiger partial charge in [0, 0.05) is 45.9 Å². The van der Waals surface area contributed by atoms with Gasteiger partial charge in [0.05, 0.1) is 0 Å². The van der Waals surface area contributed by atoms with Crippen molar-refractivity contribution in [3.63, 3.8) is 0 Å². The molecular weight excluding hydrogens is 448 g/mol. The lowest BCUT2D eigenvalue weighted by Gasteiger charge is -2.15. The minimum absolute atomic E-state index is 0.245. The number of nitrogens with zero attached hydrogens (tertiary/aromatic N) is 1. The first kappa shape index (κ1) is 20.2. The summed E-state index contributed by atoms with van der Waals surface area (Å²) in [7, 11) is 0. The minimum Gasteiger partial charge on any atom is -0.361 e. The fraction of sp³-hybridized carbons (Fsp3) is 0.227. The number of fused-ring (bicyclic) bond motifs is 2. The van der Waals surface area contributed by atoms with E-state index in [9.17, 15) is 14.4 Å². The third-order valence-electron chi connectivity index (χ3n) is 5.26. The highest BCUT2D eigenvalue weighted by atomic mass is 79.9. The number of halogens is 1. The maximum absolute atomic E-state index is 12.7. The Bertz CT molecular complexity index is 1140. The predicted molar refractivity (Wildman–Crippen MR) is 118 cm³/mol. The number of carbonyl (C=O) groups excluding carboxylic acids is 3. The summed E-state index contributed by atoms with van der Waals surface area (Å²) in [6.45, 7) is 2.66. The van der Waals surface area contributed by atoms with Crippen molar-refractivity contribution in [2.75, 3.05) is 18.0 Å². The normalized spacial score (nSPS) is 15.3. The average molecular weight is 469 g/mol. The first-order valence-corrected chi connectivity index (χ1v) is 10.5. The summed E-state index contributed by atoms with van der Waals surface area (Å²) in [5, 5.41) is 6.31. The van der Waals surface area contributed by atoms with E-state index in [2.05, 4.69) is 31.5 Å². The molecule has 2 heterocycles. The molecule has 3 N–H and O–H groups in total. The molecule has 0 saturated carbocycles. The standard InChI is InChI=1S/C22H21BrN4O3/c1-2-27-18-8-7-14(23)11-16(18)19(22(27)30)26-21(29)20(28)24-10-9-13-12-25-17-6-4-3-5-15(13)17/h3-8,11-12,19,25H,2,9-10H2,1H3,(H,24,28)(H,26,29)/t19-/m0/s1. The maximum atomic E-state index is 12.7. The molecule has 0 aliphatic carbocycles. The van der Waals surface area contributed by atoms with E-state index in [0.29, 0.717) is 25.1 Å². The van der Waals surface area contributed by atoms with Gasteiger partial charge in [-0.3, -0.25) is 14.4 Å². The van der Waals surface area contributed by atoms with E-state index >= 15 is 0 Å². The maximum Gasteiger partial charge on any atom is 0.310 e. The zero-order chi connectivity index (χ0) is 21.3. The molecule has 4 rings (SSSR count). The summed E-state index contributed by atoms with van der Waals surface area (Å²) >= 11 is 3.40. The van der Waals surface area contributed by atoms with Gasteiger partial charge in [-0.1, -0.05) is 34.1 Å². The average Bonchev–Trinajstić information content (AvgIpc) is 3.26. The first-order chi connectivity index (χ1) is 14.5. The van der Waals surface area contributed by atoms with Gasteiger partial charge in [0.1, 0.15) is 6.04 Å². The summed E-state index contributed by atoms with van der Waals surface area (Å²) in [6, 6.07) is 12.5. The van der Waals surface area contributed by atoms with Gasteiger partial charge < -0.3 is 20.5 Å². The van der Waals surface area contributed by atoms with Gasteiger partial charge in [-0.25, -0.2) is 0 Å². The van der Waals surface area contributed by atoms with Crippen LogP contribution in [0.5, 0.6) is 0 Å². The van der Waals surface area contributed by atoms with Gasteiger partial charge in [-0.2, -0.15) is 0 Å². The summed E-state index contributed by atoms with van der Waals surface area (Å²) < 4.78 is 0.800. The van der Waals surface area contributed by atoms with Gasteiger partial charge in [0.15, 0.2) is 0 Å². The Morgan fingerprint density at radius 3 is 2.77 bits per heavy atom. The second-order valence-electron chi connectivity index (χ2n) is 7.06. The van der Waals surface area contributed by atoms with Crippen molar-refractivity contribution < 1.29 is 14.4 Å². The Morgan fingerprint density at radius 1 is 1.17 bits per heavy atom. The molecule has 1 aromatic heterocycles. The number of H-pyrrole nitrogens is 1. The molecule has 1 aliphatic rings. The van der Waals surface area contributed by atoms with Crippen LogP contribution >= 0.6 is 15.9 Å². The number of anilines is 1. The largest absolute Gasteiger partial charge is 0.361 e. The van der Waals surface area contributed by atoms with Gasteiger partial charge >= 0.3 is 11.8 Å². The number of rotatable bonds is 5. The van der Waals surface area contributed by atoms with Crippen LogP contribution in [0.15, 0.2) is 53.1 Å². The van der Waals surface area contributed by atoms with Crippen LogP contribution in [0.3, 0.4) is 0 Å². The molecule has 30 heavy (non-hydrogen) atoms. The highest BCUT2D eigenvalue weighted by Gasteiger charge is 2.38. The van der Waals surface area contributed by atoms with Gasteiger partial charge in [-0.05, 0) is 43.2 Å². The lowest BCUT2D eigenvalue weighted by atomic mass is 10.1. The van der Waals surface area contributed by atoms with Crippen LogP contribution in [0.1, 0.15) is 24.1 Å². The van der Waals surface area contributed by atoms with Gasteiger partial charge in [0.25, 0.3) is 5.91 Å². The van der Waals surface area contributed by atoms with E-state index in [1.165, 1.54) is 0 Å². The molecule has 1 aliphatic heterocycles. The smallest absolute Gasteiger partial charge is 0.310 e. The third-order valence-corrected chi connectivity index (χ3v) is 5.75. The van der Waals surface area contributed by atoms with Crippen LogP contribution < -0.4 is 15.5 Å². The second-order valence-corrected chi connectivity index (χ2v) is 7.97.